The van der Waals surface area contributed by atoms with Gasteiger partial charge < -0.3 is 0 Å². The molecule has 0 aromatic heterocycles. The van der Waals surface area contributed by atoms with Gasteiger partial charge in [-0.2, -0.15) is 5.26 Å². The van der Waals surface area contributed by atoms with Crippen molar-refractivity contribution in [3.8, 4) is 6.07 Å². The maximum absolute atomic E-state index is 8.62. The van der Waals surface area contributed by atoms with Gasteiger partial charge in [0.1, 0.15) is 0 Å². The standard InChI is InChI=1S/C10H8ClN/c1-3-9-7(2)4-8(6-12)5-10(9)11/h3-5H,1H2,2H3. The molecule has 0 saturated heterocycles. The number of hydrogen-bond donors (Lipinski definition) is 0. The Balaban J connectivity index is 3.39. The molecule has 1 aromatic rings. The predicted molar refractivity (Wildman–Crippen MR) is 51.0 cm³/mol. The van der Waals surface area contributed by atoms with E-state index in [1.807, 2.05) is 13.0 Å². The van der Waals surface area contributed by atoms with Crippen LogP contribution in [0.25, 0.3) is 6.08 Å². The first-order chi connectivity index (χ1) is 5.69. The van der Waals surface area contributed by atoms with Crippen LogP contribution in [0.15, 0.2) is 18.7 Å². The number of hydrogen-bond acceptors (Lipinski definition) is 1. The van der Waals surface area contributed by atoms with Crippen LogP contribution in [0.5, 0.6) is 0 Å². The molecule has 0 aliphatic rings. The lowest BCUT2D eigenvalue weighted by Crippen LogP contribution is -1.84. The molecular formula is C10H8ClN. The van der Waals surface area contributed by atoms with Gasteiger partial charge in [-0.05, 0) is 30.2 Å². The van der Waals surface area contributed by atoms with Crippen LogP contribution in [0, 0.1) is 18.3 Å². The highest BCUT2D eigenvalue weighted by Crippen LogP contribution is 2.22. The average molecular weight is 178 g/mol. The summed E-state index contributed by atoms with van der Waals surface area (Å²) in [6.07, 6.45) is 1.69. The summed E-state index contributed by atoms with van der Waals surface area (Å²) in [5, 5.41) is 9.20. The summed E-state index contributed by atoms with van der Waals surface area (Å²) in [5.74, 6) is 0. The molecule has 0 amide bonds. The van der Waals surface area contributed by atoms with Crippen molar-refractivity contribution in [2.24, 2.45) is 0 Å². The van der Waals surface area contributed by atoms with Crippen molar-refractivity contribution in [1.29, 1.82) is 5.26 Å². The molecule has 0 radical (unpaired) electrons. The fourth-order valence-electron chi connectivity index (χ4n) is 1.08. The zero-order valence-electron chi connectivity index (χ0n) is 6.76. The van der Waals surface area contributed by atoms with E-state index in [-0.39, 0.29) is 0 Å². The van der Waals surface area contributed by atoms with Gasteiger partial charge in [-0.25, -0.2) is 0 Å². The van der Waals surface area contributed by atoms with Crippen LogP contribution in [-0.4, -0.2) is 0 Å². The molecule has 0 N–H and O–H groups in total. The Morgan fingerprint density at radius 1 is 1.58 bits per heavy atom. The van der Waals surface area contributed by atoms with E-state index >= 15 is 0 Å². The zero-order valence-corrected chi connectivity index (χ0v) is 7.52. The molecule has 0 spiro atoms. The second-order valence-corrected chi connectivity index (χ2v) is 2.91. The molecule has 12 heavy (non-hydrogen) atoms. The van der Waals surface area contributed by atoms with Crippen LogP contribution in [0.1, 0.15) is 16.7 Å². The van der Waals surface area contributed by atoms with Crippen molar-refractivity contribution < 1.29 is 0 Å². The lowest BCUT2D eigenvalue weighted by atomic mass is 10.1. The first kappa shape index (κ1) is 8.83. The highest BCUT2D eigenvalue weighted by Gasteiger charge is 2.02. The summed E-state index contributed by atoms with van der Waals surface area (Å²) in [4.78, 5) is 0. The van der Waals surface area contributed by atoms with Crippen LogP contribution in [-0.2, 0) is 0 Å². The number of nitriles is 1. The molecular weight excluding hydrogens is 170 g/mol. The van der Waals surface area contributed by atoms with Crippen LogP contribution >= 0.6 is 11.6 Å². The van der Waals surface area contributed by atoms with E-state index in [0.717, 1.165) is 11.1 Å². The van der Waals surface area contributed by atoms with E-state index in [9.17, 15) is 0 Å². The number of nitrogens with zero attached hydrogens (tertiary/aromatic N) is 1. The largest absolute Gasteiger partial charge is 0.192 e. The number of benzene rings is 1. The smallest absolute Gasteiger partial charge is 0.0992 e. The Labute approximate surface area is 76.9 Å². The third kappa shape index (κ3) is 1.49. The Morgan fingerprint density at radius 3 is 2.67 bits per heavy atom. The highest BCUT2D eigenvalue weighted by atomic mass is 35.5. The maximum atomic E-state index is 8.62. The van der Waals surface area contributed by atoms with Crippen LogP contribution in [0.2, 0.25) is 5.02 Å². The normalized spacial score (nSPS) is 9.08. The summed E-state index contributed by atoms with van der Waals surface area (Å²) in [7, 11) is 0. The van der Waals surface area contributed by atoms with E-state index in [1.54, 1.807) is 18.2 Å². The van der Waals surface area contributed by atoms with Gasteiger partial charge in [-0.1, -0.05) is 24.3 Å². The van der Waals surface area contributed by atoms with Crippen molar-refractivity contribution in [3.05, 3.63) is 40.4 Å². The van der Waals surface area contributed by atoms with Gasteiger partial charge in [0.25, 0.3) is 0 Å². The summed E-state index contributed by atoms with van der Waals surface area (Å²) in [6.45, 7) is 5.55. The van der Waals surface area contributed by atoms with Gasteiger partial charge in [0.05, 0.1) is 11.6 Å². The Bertz CT molecular complexity index is 338. The monoisotopic (exact) mass is 177 g/mol. The Morgan fingerprint density at radius 2 is 2.25 bits per heavy atom. The summed E-state index contributed by atoms with van der Waals surface area (Å²) < 4.78 is 0. The number of rotatable bonds is 1. The second kappa shape index (κ2) is 3.42. The first-order valence-electron chi connectivity index (χ1n) is 3.51. The minimum Gasteiger partial charge on any atom is -0.192 e. The fraction of sp³-hybridized carbons (Fsp3) is 0.100. The molecule has 0 bridgehead atoms. The lowest BCUT2D eigenvalue weighted by molar-refractivity contribution is 1.40. The number of halogens is 1. The lowest BCUT2D eigenvalue weighted by Gasteiger charge is -2.02. The van der Waals surface area contributed by atoms with E-state index in [1.165, 1.54) is 0 Å². The molecule has 0 fully saturated rings. The second-order valence-electron chi connectivity index (χ2n) is 2.50. The molecule has 0 heterocycles. The van der Waals surface area contributed by atoms with E-state index < -0.39 is 0 Å². The minimum atomic E-state index is 0.585. The topological polar surface area (TPSA) is 23.8 Å². The predicted octanol–water partition coefficient (Wildman–Crippen LogP) is 3.16. The molecule has 1 aromatic carbocycles. The molecule has 1 nitrogen and oxygen atoms in total. The van der Waals surface area contributed by atoms with Crippen LogP contribution in [0.4, 0.5) is 0 Å². The third-order valence-electron chi connectivity index (χ3n) is 1.67. The Hall–Kier alpha value is -1.26. The minimum absolute atomic E-state index is 0.585. The summed E-state index contributed by atoms with van der Waals surface area (Å²) in [5.41, 5.74) is 2.47. The van der Waals surface area contributed by atoms with Crippen molar-refractivity contribution in [3.63, 3.8) is 0 Å². The molecule has 0 aliphatic carbocycles. The van der Waals surface area contributed by atoms with E-state index in [4.69, 9.17) is 16.9 Å². The molecule has 0 unspecified atom stereocenters. The number of aryl methyl sites for hydroxylation is 1. The summed E-state index contributed by atoms with van der Waals surface area (Å²) in [6, 6.07) is 5.48. The quantitative estimate of drug-likeness (QED) is 0.647. The van der Waals surface area contributed by atoms with Crippen molar-refractivity contribution >= 4 is 17.7 Å². The van der Waals surface area contributed by atoms with Crippen molar-refractivity contribution in [2.45, 2.75) is 6.92 Å². The van der Waals surface area contributed by atoms with E-state index in [2.05, 4.69) is 6.58 Å². The molecule has 60 valence electrons. The van der Waals surface area contributed by atoms with Gasteiger partial charge in [-0.15, -0.1) is 0 Å². The van der Waals surface area contributed by atoms with Gasteiger partial charge in [0.15, 0.2) is 0 Å². The molecule has 1 rings (SSSR count). The van der Waals surface area contributed by atoms with Gasteiger partial charge in [0.2, 0.25) is 0 Å². The van der Waals surface area contributed by atoms with Crippen LogP contribution in [0.3, 0.4) is 0 Å². The Kier molecular flexibility index (Phi) is 2.52. The average Bonchev–Trinajstić information content (AvgIpc) is 2.03. The van der Waals surface area contributed by atoms with E-state index in [0.29, 0.717) is 10.6 Å². The maximum Gasteiger partial charge on any atom is 0.0992 e. The highest BCUT2D eigenvalue weighted by molar-refractivity contribution is 6.32. The summed E-state index contributed by atoms with van der Waals surface area (Å²) >= 11 is 5.89. The first-order valence-corrected chi connectivity index (χ1v) is 3.89. The van der Waals surface area contributed by atoms with Gasteiger partial charge in [-0.3, -0.25) is 0 Å². The van der Waals surface area contributed by atoms with Gasteiger partial charge in [0, 0.05) is 5.02 Å². The zero-order chi connectivity index (χ0) is 9.14. The molecule has 2 heteroatoms. The third-order valence-corrected chi connectivity index (χ3v) is 1.98. The molecule has 0 saturated carbocycles. The van der Waals surface area contributed by atoms with Crippen LogP contribution < -0.4 is 0 Å². The fourth-order valence-corrected chi connectivity index (χ4v) is 1.42. The van der Waals surface area contributed by atoms with Gasteiger partial charge >= 0.3 is 0 Å². The van der Waals surface area contributed by atoms with Crippen molar-refractivity contribution in [1.82, 2.24) is 0 Å². The molecule has 0 aliphatic heterocycles. The van der Waals surface area contributed by atoms with Crippen molar-refractivity contribution in [2.75, 3.05) is 0 Å². The SMILES string of the molecule is C=Cc1c(C)cc(C#N)cc1Cl. The molecule has 0 atom stereocenters.